The molecule has 0 radical (unpaired) electrons. The van der Waals surface area contributed by atoms with E-state index in [2.05, 4.69) is 21.6 Å². The molecule has 1 N–H and O–H groups in total. The smallest absolute Gasteiger partial charge is 0.277 e. The van der Waals surface area contributed by atoms with Crippen LogP contribution in [0.1, 0.15) is 41.7 Å². The van der Waals surface area contributed by atoms with E-state index < -0.39 is 0 Å². The van der Waals surface area contributed by atoms with Crippen LogP contribution in [0.5, 0.6) is 0 Å². The van der Waals surface area contributed by atoms with E-state index >= 15 is 0 Å². The molecule has 0 atom stereocenters. The van der Waals surface area contributed by atoms with E-state index in [1.54, 1.807) is 0 Å². The van der Waals surface area contributed by atoms with Crippen molar-refractivity contribution < 1.29 is 9.21 Å². The van der Waals surface area contributed by atoms with Crippen molar-refractivity contribution in [2.75, 3.05) is 11.1 Å². The van der Waals surface area contributed by atoms with Crippen LogP contribution in [-0.4, -0.2) is 21.9 Å². The number of thiophene rings is 1. The molecule has 0 spiro atoms. The van der Waals surface area contributed by atoms with Crippen LogP contribution in [-0.2, 0) is 24.1 Å². The molecule has 0 bridgehead atoms. The van der Waals surface area contributed by atoms with Gasteiger partial charge in [-0.1, -0.05) is 18.7 Å². The molecule has 0 unspecified atom stereocenters. The predicted molar refractivity (Wildman–Crippen MR) is 88.7 cm³/mol. The van der Waals surface area contributed by atoms with Crippen LogP contribution in [0.2, 0.25) is 0 Å². The number of nitrogens with one attached hydrogen (secondary N) is 1. The average molecular weight is 348 g/mol. The van der Waals surface area contributed by atoms with Crippen molar-refractivity contribution >= 4 is 34.0 Å². The van der Waals surface area contributed by atoms with Gasteiger partial charge >= 0.3 is 0 Å². The highest BCUT2D eigenvalue weighted by molar-refractivity contribution is 7.99. The minimum Gasteiger partial charge on any atom is -0.416 e. The maximum absolute atomic E-state index is 12.1. The highest BCUT2D eigenvalue weighted by Crippen LogP contribution is 2.37. The molecule has 23 heavy (non-hydrogen) atoms. The lowest BCUT2D eigenvalue weighted by Gasteiger charge is -2.09. The lowest BCUT2D eigenvalue weighted by atomic mass is 9.96. The van der Waals surface area contributed by atoms with Crippen LogP contribution in [0.3, 0.4) is 0 Å². The van der Waals surface area contributed by atoms with E-state index in [1.165, 1.54) is 28.0 Å². The van der Waals surface area contributed by atoms with Crippen LogP contribution in [0.25, 0.3) is 0 Å². The number of aryl methyl sites for hydroxylation is 2. The number of rotatable bonds is 5. The Kier molecular flexibility index (Phi) is 4.98. The first-order chi connectivity index (χ1) is 11.2. The molecule has 1 amide bonds. The van der Waals surface area contributed by atoms with E-state index in [-0.39, 0.29) is 11.7 Å². The molecule has 2 heterocycles. The highest BCUT2D eigenvalue weighted by atomic mass is 32.2. The Morgan fingerprint density at radius 3 is 3.00 bits per heavy atom. The van der Waals surface area contributed by atoms with Gasteiger partial charge in [-0.25, -0.2) is 0 Å². The zero-order valence-corrected chi connectivity index (χ0v) is 14.4. The van der Waals surface area contributed by atoms with Crippen molar-refractivity contribution in [3.8, 4) is 6.07 Å². The third-order valence-corrected chi connectivity index (χ3v) is 5.64. The molecule has 6 nitrogen and oxygen atoms in total. The van der Waals surface area contributed by atoms with Gasteiger partial charge in [0.1, 0.15) is 11.1 Å². The zero-order valence-electron chi connectivity index (χ0n) is 12.7. The summed E-state index contributed by atoms with van der Waals surface area (Å²) in [4.78, 5) is 13.4. The molecule has 2 aromatic rings. The van der Waals surface area contributed by atoms with Crippen LogP contribution in [0.4, 0.5) is 5.00 Å². The van der Waals surface area contributed by atoms with Crippen LogP contribution < -0.4 is 5.32 Å². The summed E-state index contributed by atoms with van der Waals surface area (Å²) in [6.45, 7) is 1.93. The molecule has 2 aromatic heterocycles. The number of thioether (sulfide) groups is 1. The van der Waals surface area contributed by atoms with Crippen LogP contribution in [0, 0.1) is 11.3 Å². The Labute approximate surface area is 142 Å². The number of carbonyl (C=O) groups is 1. The molecule has 8 heteroatoms. The molecular weight excluding hydrogens is 332 g/mol. The molecule has 3 rings (SSSR count). The van der Waals surface area contributed by atoms with Crippen molar-refractivity contribution in [3.63, 3.8) is 0 Å². The number of amides is 1. The number of anilines is 1. The van der Waals surface area contributed by atoms with E-state index in [0.717, 1.165) is 31.2 Å². The van der Waals surface area contributed by atoms with Crippen molar-refractivity contribution in [3.05, 3.63) is 21.9 Å². The number of carbonyl (C=O) groups excluding carboxylic acids is 1. The Bertz CT molecular complexity index is 760. The molecular formula is C15H16N4O2S2. The van der Waals surface area contributed by atoms with E-state index in [9.17, 15) is 10.1 Å². The van der Waals surface area contributed by atoms with Gasteiger partial charge in [-0.2, -0.15) is 5.26 Å². The summed E-state index contributed by atoms with van der Waals surface area (Å²) < 4.78 is 5.36. The number of nitrogens with zero attached hydrogens (tertiary/aromatic N) is 3. The second-order valence-electron chi connectivity index (χ2n) is 5.18. The predicted octanol–water partition coefficient (Wildman–Crippen LogP) is 3.17. The van der Waals surface area contributed by atoms with Gasteiger partial charge in [0.15, 0.2) is 0 Å². The third-order valence-electron chi connectivity index (χ3n) is 3.61. The summed E-state index contributed by atoms with van der Waals surface area (Å²) in [5.74, 6) is 0.575. The van der Waals surface area contributed by atoms with Gasteiger partial charge < -0.3 is 9.73 Å². The summed E-state index contributed by atoms with van der Waals surface area (Å²) in [5, 5.41) is 21.0. The highest BCUT2D eigenvalue weighted by Gasteiger charge is 2.22. The minimum atomic E-state index is -0.165. The minimum absolute atomic E-state index is 0.165. The molecule has 1 aliphatic rings. The monoisotopic (exact) mass is 348 g/mol. The average Bonchev–Trinajstić information content (AvgIpc) is 3.16. The normalized spacial score (nSPS) is 13.4. The number of nitriles is 1. The second kappa shape index (κ2) is 7.15. The van der Waals surface area contributed by atoms with Crippen molar-refractivity contribution in [1.82, 2.24) is 10.2 Å². The molecule has 0 fully saturated rings. The SMILES string of the molecule is CCc1nnc(SCC(=O)Nc2sc3c(c2C#N)CCCC3)o1. The number of hydrogen-bond acceptors (Lipinski definition) is 7. The fourth-order valence-corrected chi connectivity index (χ4v) is 4.34. The first-order valence-corrected chi connectivity index (χ1v) is 9.31. The summed E-state index contributed by atoms with van der Waals surface area (Å²) >= 11 is 2.73. The quantitative estimate of drug-likeness (QED) is 0.834. The van der Waals surface area contributed by atoms with Crippen LogP contribution in [0.15, 0.2) is 9.64 Å². The fourth-order valence-electron chi connectivity index (χ4n) is 2.50. The lowest BCUT2D eigenvalue weighted by molar-refractivity contribution is -0.113. The summed E-state index contributed by atoms with van der Waals surface area (Å²) in [5.41, 5.74) is 1.75. The van der Waals surface area contributed by atoms with Crippen molar-refractivity contribution in [1.29, 1.82) is 5.26 Å². The molecule has 0 aliphatic heterocycles. The molecule has 0 aromatic carbocycles. The lowest BCUT2D eigenvalue weighted by Crippen LogP contribution is -2.14. The van der Waals surface area contributed by atoms with Crippen molar-refractivity contribution in [2.45, 2.75) is 44.3 Å². The Balaban J connectivity index is 1.64. The second-order valence-corrected chi connectivity index (χ2v) is 7.21. The summed E-state index contributed by atoms with van der Waals surface area (Å²) in [7, 11) is 0. The van der Waals surface area contributed by atoms with Gasteiger partial charge in [0.2, 0.25) is 11.8 Å². The Morgan fingerprint density at radius 1 is 1.43 bits per heavy atom. The third kappa shape index (κ3) is 3.57. The van der Waals surface area contributed by atoms with Gasteiger partial charge in [0.25, 0.3) is 5.22 Å². The number of aromatic nitrogens is 2. The van der Waals surface area contributed by atoms with Gasteiger partial charge in [-0.15, -0.1) is 21.5 Å². The van der Waals surface area contributed by atoms with E-state index in [4.69, 9.17) is 4.42 Å². The molecule has 0 saturated heterocycles. The summed E-state index contributed by atoms with van der Waals surface area (Å²) in [6, 6.07) is 2.24. The maximum Gasteiger partial charge on any atom is 0.277 e. The maximum atomic E-state index is 12.1. The summed E-state index contributed by atoms with van der Waals surface area (Å²) in [6.07, 6.45) is 4.87. The molecule has 120 valence electrons. The van der Waals surface area contributed by atoms with Gasteiger partial charge in [-0.3, -0.25) is 4.79 Å². The Morgan fingerprint density at radius 2 is 2.26 bits per heavy atom. The van der Waals surface area contributed by atoms with Gasteiger partial charge in [0.05, 0.1) is 11.3 Å². The number of hydrogen-bond donors (Lipinski definition) is 1. The molecule has 0 saturated carbocycles. The van der Waals surface area contributed by atoms with E-state index in [0.29, 0.717) is 28.1 Å². The van der Waals surface area contributed by atoms with Crippen molar-refractivity contribution in [2.24, 2.45) is 0 Å². The van der Waals surface area contributed by atoms with Gasteiger partial charge in [-0.05, 0) is 31.2 Å². The zero-order chi connectivity index (χ0) is 16.2. The Hall–Kier alpha value is -1.85. The standard InChI is InChI=1S/C15H16N4O2S2/c1-2-13-18-19-15(21-13)22-8-12(20)17-14-10(7-16)9-5-3-4-6-11(9)23-14/h2-6,8H2,1H3,(H,17,20). The van der Waals surface area contributed by atoms with E-state index in [1.807, 2.05) is 6.92 Å². The molecule has 1 aliphatic carbocycles. The van der Waals surface area contributed by atoms with Gasteiger partial charge in [0, 0.05) is 11.3 Å². The first kappa shape index (κ1) is 16.0. The van der Waals surface area contributed by atoms with Crippen LogP contribution >= 0.6 is 23.1 Å². The fraction of sp³-hybridized carbons (Fsp3) is 0.467. The first-order valence-electron chi connectivity index (χ1n) is 7.51. The largest absolute Gasteiger partial charge is 0.416 e. The topological polar surface area (TPSA) is 91.8 Å². The number of fused-ring (bicyclic) bond motifs is 1.